The zero-order valence-electron chi connectivity index (χ0n) is 29.0. The van der Waals surface area contributed by atoms with Crippen LogP contribution in [0.4, 0.5) is 11.4 Å². The molecule has 3 fully saturated rings. The van der Waals surface area contributed by atoms with E-state index in [1.165, 1.54) is 22.5 Å². The molecule has 48 heavy (non-hydrogen) atoms. The number of hydrogen-bond acceptors (Lipinski definition) is 9. The van der Waals surface area contributed by atoms with Gasteiger partial charge in [-0.1, -0.05) is 11.6 Å². The van der Waals surface area contributed by atoms with E-state index in [4.69, 9.17) is 27.9 Å². The minimum absolute atomic E-state index is 0. The SMILES string of the molecule is Cc1cncc(C)c1Cl.Cc1cncc(C)c1N1CCC(C#N)C1.Cc1cncc(C)c1N1CCC(C(N)=O)C1.N#CC1CCNC1.[W]. The number of pyridine rings is 3. The molecule has 1 amide bonds. The molecule has 3 aromatic heterocycles. The smallest absolute Gasteiger partial charge is 0.222 e. The van der Waals surface area contributed by atoms with Gasteiger partial charge in [0.25, 0.3) is 0 Å². The van der Waals surface area contributed by atoms with E-state index in [0.717, 1.165) is 85.8 Å². The van der Waals surface area contributed by atoms with Gasteiger partial charge < -0.3 is 20.9 Å². The summed E-state index contributed by atoms with van der Waals surface area (Å²) in [4.78, 5) is 28.0. The number of nitrogens with one attached hydrogen (secondary N) is 1. The van der Waals surface area contributed by atoms with E-state index in [-0.39, 0.29) is 38.8 Å². The molecule has 0 spiro atoms. The summed E-state index contributed by atoms with van der Waals surface area (Å²) in [5.74, 6) is 0.288. The van der Waals surface area contributed by atoms with Crippen LogP contribution in [0.15, 0.2) is 37.2 Å². The minimum atomic E-state index is -0.188. The predicted molar refractivity (Wildman–Crippen MR) is 188 cm³/mol. The number of halogens is 1. The van der Waals surface area contributed by atoms with E-state index in [2.05, 4.69) is 56.1 Å². The average molecular weight is 842 g/mol. The largest absolute Gasteiger partial charge is 0.370 e. The number of carbonyl (C=O) groups excluding carboxylic acids is 1. The second kappa shape index (κ2) is 20.1. The standard InChI is InChI=1S/C12H17N3O.C12H15N3.C7H8ClN.C5H8N2.W/c1-8-5-14-6-9(2)11(8)15-4-3-10(7-15)12(13)16;1-9-6-14-7-10(2)12(9)15-4-3-11(5-13)8-15;1-5-3-9-4-6(2)7(5)8;6-3-5-1-2-7-4-5;/h5-6,10H,3-4,7H2,1-2H3,(H2,13,16);6-7,11H,3-4,8H2,1-2H3;3-4H,1-2H3;5,7H,1-2,4H2;. The van der Waals surface area contributed by atoms with Crippen LogP contribution in [0.3, 0.4) is 0 Å². The Hall–Kier alpha value is -3.56. The van der Waals surface area contributed by atoms with Gasteiger partial charge in [0, 0.05) is 107 Å². The van der Waals surface area contributed by atoms with Crippen molar-refractivity contribution in [1.29, 1.82) is 10.5 Å². The fraction of sp³-hybridized carbons (Fsp3) is 0.500. The number of anilines is 2. The van der Waals surface area contributed by atoms with Gasteiger partial charge in [-0.3, -0.25) is 19.7 Å². The van der Waals surface area contributed by atoms with Crippen molar-refractivity contribution in [1.82, 2.24) is 20.3 Å². The van der Waals surface area contributed by atoms with Crippen LogP contribution in [0.5, 0.6) is 0 Å². The van der Waals surface area contributed by atoms with Crippen molar-refractivity contribution in [3.8, 4) is 12.1 Å². The maximum atomic E-state index is 11.1. The van der Waals surface area contributed by atoms with Crippen LogP contribution in [0.25, 0.3) is 0 Å². The molecule has 6 heterocycles. The second-order valence-electron chi connectivity index (χ2n) is 12.5. The van der Waals surface area contributed by atoms with Crippen LogP contribution in [-0.4, -0.2) is 60.1 Å². The van der Waals surface area contributed by atoms with Crippen molar-refractivity contribution in [2.45, 2.75) is 60.8 Å². The molecule has 10 nitrogen and oxygen atoms in total. The van der Waals surface area contributed by atoms with Gasteiger partial charge in [0.15, 0.2) is 0 Å². The topological polar surface area (TPSA) is 148 Å². The Kier molecular flexibility index (Phi) is 17.0. The summed E-state index contributed by atoms with van der Waals surface area (Å²) in [5.41, 5.74) is 14.6. The molecular weight excluding hydrogens is 794 g/mol. The van der Waals surface area contributed by atoms with E-state index >= 15 is 0 Å². The van der Waals surface area contributed by atoms with Crippen molar-refractivity contribution in [3.05, 3.63) is 75.6 Å². The van der Waals surface area contributed by atoms with Gasteiger partial charge in [0.05, 0.1) is 29.9 Å². The van der Waals surface area contributed by atoms with Crippen LogP contribution in [0.2, 0.25) is 5.02 Å². The first-order valence-electron chi connectivity index (χ1n) is 16.1. The van der Waals surface area contributed by atoms with Crippen molar-refractivity contribution in [2.24, 2.45) is 23.5 Å². The number of rotatable bonds is 3. The molecular formula is C36H48ClN9OW. The Bertz CT molecular complexity index is 1520. The van der Waals surface area contributed by atoms with E-state index in [0.29, 0.717) is 5.92 Å². The number of hydrogen-bond donors (Lipinski definition) is 2. The van der Waals surface area contributed by atoms with Gasteiger partial charge in [-0.25, -0.2) is 0 Å². The quantitative estimate of drug-likeness (QED) is 0.348. The van der Waals surface area contributed by atoms with E-state index in [1.54, 1.807) is 12.4 Å². The van der Waals surface area contributed by atoms with Crippen LogP contribution < -0.4 is 20.9 Å². The molecule has 3 unspecified atom stereocenters. The summed E-state index contributed by atoms with van der Waals surface area (Å²) in [6.07, 6.45) is 13.9. The van der Waals surface area contributed by atoms with Gasteiger partial charge in [0.2, 0.25) is 5.91 Å². The Balaban J connectivity index is 0.000000232. The van der Waals surface area contributed by atoms with Crippen LogP contribution in [0.1, 0.15) is 52.6 Å². The van der Waals surface area contributed by atoms with Crippen LogP contribution in [-0.2, 0) is 25.9 Å². The number of aryl methyl sites for hydroxylation is 6. The maximum Gasteiger partial charge on any atom is 0.222 e. The Morgan fingerprint density at radius 3 is 1.52 bits per heavy atom. The van der Waals surface area contributed by atoms with Crippen molar-refractivity contribution >= 4 is 28.9 Å². The minimum Gasteiger partial charge on any atom is -0.370 e. The van der Waals surface area contributed by atoms with Crippen LogP contribution in [0, 0.1) is 82.0 Å². The molecule has 3 saturated heterocycles. The van der Waals surface area contributed by atoms with Gasteiger partial charge in [-0.15, -0.1) is 0 Å². The monoisotopic (exact) mass is 841 g/mol. The summed E-state index contributed by atoms with van der Waals surface area (Å²) in [6.45, 7) is 17.6. The first-order chi connectivity index (χ1) is 22.5. The first kappa shape index (κ1) is 40.6. The van der Waals surface area contributed by atoms with E-state index in [9.17, 15) is 4.79 Å². The molecule has 0 saturated carbocycles. The molecule has 0 bridgehead atoms. The molecule has 3 aliphatic heterocycles. The zero-order chi connectivity index (χ0) is 34.5. The van der Waals surface area contributed by atoms with Crippen molar-refractivity contribution in [3.63, 3.8) is 0 Å². The van der Waals surface area contributed by atoms with Crippen molar-refractivity contribution < 1.29 is 25.9 Å². The maximum absolute atomic E-state index is 11.1. The number of primary amides is 1. The number of amides is 1. The summed E-state index contributed by atoms with van der Waals surface area (Å²) in [5, 5.41) is 21.1. The van der Waals surface area contributed by atoms with Gasteiger partial charge in [0.1, 0.15) is 0 Å². The zero-order valence-corrected chi connectivity index (χ0v) is 32.7. The number of carbonyl (C=O) groups is 1. The van der Waals surface area contributed by atoms with E-state index < -0.39 is 0 Å². The molecule has 3 atom stereocenters. The Morgan fingerprint density at radius 1 is 0.750 bits per heavy atom. The van der Waals surface area contributed by atoms with E-state index in [1.807, 2.05) is 52.5 Å². The average Bonchev–Trinajstić information content (AvgIpc) is 3.84. The van der Waals surface area contributed by atoms with Gasteiger partial charge in [-0.2, -0.15) is 10.5 Å². The summed E-state index contributed by atoms with van der Waals surface area (Å²) in [6, 6.07) is 4.55. The number of nitriles is 2. The molecule has 12 heteroatoms. The molecule has 0 radical (unpaired) electrons. The fourth-order valence-electron chi connectivity index (χ4n) is 6.10. The third kappa shape index (κ3) is 11.5. The summed E-state index contributed by atoms with van der Waals surface area (Å²) >= 11 is 5.84. The van der Waals surface area contributed by atoms with Gasteiger partial charge >= 0.3 is 0 Å². The molecule has 3 aromatic rings. The Morgan fingerprint density at radius 2 is 1.19 bits per heavy atom. The summed E-state index contributed by atoms with van der Waals surface area (Å²) < 4.78 is 0. The molecule has 3 aliphatic rings. The summed E-state index contributed by atoms with van der Waals surface area (Å²) in [7, 11) is 0. The Labute approximate surface area is 305 Å². The van der Waals surface area contributed by atoms with Gasteiger partial charge in [-0.05, 0) is 101 Å². The number of aromatic nitrogens is 3. The number of nitrogens with zero attached hydrogens (tertiary/aromatic N) is 7. The molecule has 3 N–H and O–H groups in total. The molecule has 0 aromatic carbocycles. The van der Waals surface area contributed by atoms with Crippen molar-refractivity contribution in [2.75, 3.05) is 49.1 Å². The second-order valence-corrected chi connectivity index (χ2v) is 12.9. The molecule has 256 valence electrons. The third-order valence-corrected chi connectivity index (χ3v) is 9.23. The number of nitrogens with two attached hydrogens (primary N) is 1. The first-order valence-corrected chi connectivity index (χ1v) is 16.5. The molecule has 0 aliphatic carbocycles. The van der Waals surface area contributed by atoms with Crippen LogP contribution >= 0.6 is 11.6 Å². The fourth-order valence-corrected chi connectivity index (χ4v) is 6.20. The third-order valence-electron chi connectivity index (χ3n) is 8.63. The normalized spacial score (nSPS) is 19.2. The molecule has 6 rings (SSSR count). The predicted octanol–water partition coefficient (Wildman–Crippen LogP) is 5.53.